The molecule has 212 valence electrons. The standard InChI is InChI=1S/C17H17FN2O.C13H6ClF3N2.CH4/c1-17(21-10-11-4-5-11)13-3-2-8-19-16(13)20-15-7-6-12(18)9-14(15)17;14-6-3-9-11(12(16)17)8-4-7(15)1-2-10(8)19-13(9)18-5-6;/h2-3,6-9,11H,4-5,10H2,1H3,(H,19,20);1-5,12H;1H4. The Morgan fingerprint density at radius 3 is 2.51 bits per heavy atom. The van der Waals surface area contributed by atoms with Crippen molar-refractivity contribution in [3.05, 3.63) is 100 Å². The smallest absolute Gasteiger partial charge is 0.265 e. The number of hydrogen-bond donors (Lipinski definition) is 1. The molecule has 0 saturated heterocycles. The van der Waals surface area contributed by atoms with Gasteiger partial charge in [-0.25, -0.2) is 32.5 Å². The average molecular weight is 583 g/mol. The van der Waals surface area contributed by atoms with Gasteiger partial charge >= 0.3 is 0 Å². The minimum Gasteiger partial charge on any atom is -0.365 e. The molecule has 1 atom stereocenters. The van der Waals surface area contributed by atoms with Crippen LogP contribution in [0.4, 0.5) is 29.1 Å². The van der Waals surface area contributed by atoms with Gasteiger partial charge in [-0.15, -0.1) is 0 Å². The van der Waals surface area contributed by atoms with Gasteiger partial charge in [0.2, 0.25) is 0 Å². The van der Waals surface area contributed by atoms with Crippen LogP contribution in [0.25, 0.3) is 21.9 Å². The number of aromatic nitrogens is 3. The van der Waals surface area contributed by atoms with Crippen LogP contribution in [0.1, 0.15) is 50.3 Å². The van der Waals surface area contributed by atoms with Gasteiger partial charge in [-0.1, -0.05) is 25.1 Å². The van der Waals surface area contributed by atoms with Gasteiger partial charge in [0.25, 0.3) is 6.43 Å². The largest absolute Gasteiger partial charge is 0.365 e. The van der Waals surface area contributed by atoms with Gasteiger partial charge in [0, 0.05) is 45.5 Å². The number of alkyl halides is 2. The number of nitrogens with one attached hydrogen (secondary N) is 1. The van der Waals surface area contributed by atoms with Crippen LogP contribution in [0.15, 0.2) is 67.0 Å². The second kappa shape index (κ2) is 11.2. The van der Waals surface area contributed by atoms with E-state index < -0.39 is 17.8 Å². The molecular formula is C31H27ClF4N4O. The maximum absolute atomic E-state index is 13.7. The minimum atomic E-state index is -2.77. The third kappa shape index (κ3) is 5.56. The van der Waals surface area contributed by atoms with Crippen molar-refractivity contribution in [1.29, 1.82) is 0 Å². The normalized spacial score (nSPS) is 17.2. The van der Waals surface area contributed by atoms with Crippen LogP contribution in [-0.2, 0) is 10.3 Å². The van der Waals surface area contributed by atoms with Crippen molar-refractivity contribution >= 4 is 45.0 Å². The lowest BCUT2D eigenvalue weighted by Crippen LogP contribution is -2.33. The molecule has 0 bridgehead atoms. The van der Waals surface area contributed by atoms with Gasteiger partial charge < -0.3 is 10.1 Å². The van der Waals surface area contributed by atoms with Crippen LogP contribution in [-0.4, -0.2) is 21.6 Å². The number of halogens is 5. The van der Waals surface area contributed by atoms with Gasteiger partial charge in [0.15, 0.2) is 5.65 Å². The first-order valence-electron chi connectivity index (χ1n) is 12.7. The van der Waals surface area contributed by atoms with Crippen LogP contribution >= 0.6 is 11.6 Å². The highest BCUT2D eigenvalue weighted by Crippen LogP contribution is 2.46. The number of benzene rings is 2. The van der Waals surface area contributed by atoms with E-state index in [1.807, 2.05) is 19.1 Å². The Labute approximate surface area is 239 Å². The maximum Gasteiger partial charge on any atom is 0.265 e. The molecule has 3 aromatic heterocycles. The van der Waals surface area contributed by atoms with Gasteiger partial charge in [0.1, 0.15) is 23.1 Å². The van der Waals surface area contributed by atoms with Crippen LogP contribution in [0.3, 0.4) is 0 Å². The molecule has 0 spiro atoms. The van der Waals surface area contributed by atoms with Gasteiger partial charge in [-0.3, -0.25) is 0 Å². The SMILES string of the molecule is C.CC1(OCC2CC2)c2cc(F)ccc2Nc2ncccc21.Fc1ccc2nc3ncc(Cl)cc3c(C(F)F)c2c1. The molecule has 7 rings (SSSR count). The molecule has 5 nitrogen and oxygen atoms in total. The number of pyridine rings is 3. The highest BCUT2D eigenvalue weighted by atomic mass is 35.5. The van der Waals surface area contributed by atoms with Crippen LogP contribution in [0, 0.1) is 17.6 Å². The average Bonchev–Trinajstić information content (AvgIpc) is 3.76. The van der Waals surface area contributed by atoms with E-state index in [2.05, 4.69) is 20.3 Å². The molecular weight excluding hydrogens is 556 g/mol. The van der Waals surface area contributed by atoms with E-state index in [9.17, 15) is 17.6 Å². The van der Waals surface area contributed by atoms with Crippen molar-refractivity contribution in [3.63, 3.8) is 0 Å². The number of rotatable bonds is 4. The molecule has 2 aliphatic rings. The Balaban J connectivity index is 0.000000162. The Bertz CT molecular complexity index is 1690. The van der Waals surface area contributed by atoms with E-state index in [-0.39, 0.29) is 45.8 Å². The van der Waals surface area contributed by atoms with E-state index in [1.165, 1.54) is 43.3 Å². The second-order valence-electron chi connectivity index (χ2n) is 10.0. The summed E-state index contributed by atoms with van der Waals surface area (Å²) < 4.78 is 59.8. The molecule has 0 radical (unpaired) electrons. The third-order valence-electron chi connectivity index (χ3n) is 7.19. The fourth-order valence-electron chi connectivity index (χ4n) is 4.94. The Kier molecular flexibility index (Phi) is 7.85. The fourth-order valence-corrected chi connectivity index (χ4v) is 5.10. The van der Waals surface area contributed by atoms with Crippen LogP contribution < -0.4 is 5.32 Å². The number of nitrogens with zero attached hydrogens (tertiary/aromatic N) is 3. The van der Waals surface area contributed by atoms with Crippen molar-refractivity contribution in [1.82, 2.24) is 15.0 Å². The first-order valence-corrected chi connectivity index (χ1v) is 13.1. The summed E-state index contributed by atoms with van der Waals surface area (Å²) in [4.78, 5) is 12.5. The lowest BCUT2D eigenvalue weighted by Gasteiger charge is -2.37. The molecule has 2 aromatic carbocycles. The molecule has 1 unspecified atom stereocenters. The number of fused-ring (bicyclic) bond motifs is 4. The number of anilines is 2. The van der Waals surface area contributed by atoms with Crippen molar-refractivity contribution in [3.8, 4) is 0 Å². The quantitative estimate of drug-likeness (QED) is 0.169. The zero-order valence-electron chi connectivity index (χ0n) is 21.3. The first kappa shape index (κ1) is 28.7. The van der Waals surface area contributed by atoms with Gasteiger partial charge in [0.05, 0.1) is 17.1 Å². The van der Waals surface area contributed by atoms with E-state index >= 15 is 0 Å². The van der Waals surface area contributed by atoms with Crippen LogP contribution in [0.5, 0.6) is 0 Å². The highest BCUT2D eigenvalue weighted by molar-refractivity contribution is 6.31. The van der Waals surface area contributed by atoms with E-state index in [4.69, 9.17) is 16.3 Å². The second-order valence-corrected chi connectivity index (χ2v) is 10.5. The molecule has 41 heavy (non-hydrogen) atoms. The summed E-state index contributed by atoms with van der Waals surface area (Å²) >= 11 is 5.77. The topological polar surface area (TPSA) is 59.9 Å². The fraction of sp³-hybridized carbons (Fsp3) is 0.258. The summed E-state index contributed by atoms with van der Waals surface area (Å²) in [7, 11) is 0. The summed E-state index contributed by atoms with van der Waals surface area (Å²) in [5.74, 6) is 0.596. The van der Waals surface area contributed by atoms with E-state index in [1.54, 1.807) is 18.3 Å². The van der Waals surface area contributed by atoms with Crippen LogP contribution in [0.2, 0.25) is 5.02 Å². The summed E-state index contributed by atoms with van der Waals surface area (Å²) in [6.45, 7) is 2.72. The molecule has 1 aliphatic carbocycles. The molecule has 5 aromatic rings. The first-order chi connectivity index (χ1) is 19.2. The highest BCUT2D eigenvalue weighted by Gasteiger charge is 2.40. The monoisotopic (exact) mass is 582 g/mol. The summed E-state index contributed by atoms with van der Waals surface area (Å²) in [6, 6.07) is 13.6. The molecule has 1 saturated carbocycles. The zero-order chi connectivity index (χ0) is 28.0. The number of hydrogen-bond acceptors (Lipinski definition) is 5. The Morgan fingerprint density at radius 2 is 1.76 bits per heavy atom. The summed E-state index contributed by atoms with van der Waals surface area (Å²) in [6.07, 6.45) is 2.77. The Morgan fingerprint density at radius 1 is 1.00 bits per heavy atom. The lowest BCUT2D eigenvalue weighted by molar-refractivity contribution is -0.0104. The lowest BCUT2D eigenvalue weighted by atomic mass is 9.84. The van der Waals surface area contributed by atoms with E-state index in [0.29, 0.717) is 12.5 Å². The summed E-state index contributed by atoms with van der Waals surface area (Å²) in [5.41, 5.74) is 2.15. The zero-order valence-corrected chi connectivity index (χ0v) is 22.0. The predicted molar refractivity (Wildman–Crippen MR) is 153 cm³/mol. The van der Waals surface area contributed by atoms with Gasteiger partial charge in [-0.05, 0) is 74.2 Å². The van der Waals surface area contributed by atoms with E-state index in [0.717, 1.165) is 28.7 Å². The Hall–Kier alpha value is -3.82. The van der Waals surface area contributed by atoms with Crippen molar-refractivity contribution < 1.29 is 22.3 Å². The number of ether oxygens (including phenoxy) is 1. The molecule has 4 heterocycles. The van der Waals surface area contributed by atoms with Crippen molar-refractivity contribution in [2.24, 2.45) is 5.92 Å². The molecule has 10 heteroatoms. The molecule has 0 amide bonds. The minimum absolute atomic E-state index is 0. The molecule has 1 fully saturated rings. The summed E-state index contributed by atoms with van der Waals surface area (Å²) in [5, 5.41) is 3.71. The third-order valence-corrected chi connectivity index (χ3v) is 7.40. The molecule has 1 aliphatic heterocycles. The maximum atomic E-state index is 13.7. The molecule has 1 N–H and O–H groups in total. The van der Waals surface area contributed by atoms with Crippen molar-refractivity contribution in [2.45, 2.75) is 39.2 Å². The van der Waals surface area contributed by atoms with Crippen molar-refractivity contribution in [2.75, 3.05) is 11.9 Å². The van der Waals surface area contributed by atoms with Gasteiger partial charge in [-0.2, -0.15) is 0 Å². The predicted octanol–water partition coefficient (Wildman–Crippen LogP) is 9.12.